The fourth-order valence-corrected chi connectivity index (χ4v) is 2.99. The summed E-state index contributed by atoms with van der Waals surface area (Å²) in [6.07, 6.45) is 12.1. The van der Waals surface area contributed by atoms with Gasteiger partial charge in [-0.1, -0.05) is 45.4 Å². The molecule has 6 heteroatoms. The average molecular weight is 352 g/mol. The van der Waals surface area contributed by atoms with E-state index in [9.17, 15) is 5.11 Å². The van der Waals surface area contributed by atoms with Crippen molar-refractivity contribution in [3.05, 3.63) is 36.1 Å². The SMILES string of the molecule is CCCCCCCCCN1CN(C)C=C1C(O)c1ccco1.O=CO. The summed E-state index contributed by atoms with van der Waals surface area (Å²) in [6.45, 7) is 3.85. The summed E-state index contributed by atoms with van der Waals surface area (Å²) in [5.74, 6) is 0.617. The predicted octanol–water partition coefficient (Wildman–Crippen LogP) is 3.81. The standard InChI is InChI=1S/C18H30N2O2.CH2O2/c1-3-4-5-6-7-8-9-12-20-15-19(2)14-16(20)18(21)17-11-10-13-22-17;2-1-3/h10-11,13-14,18,21H,3-9,12,15H2,1-2H3;1H,(H,2,3). The Bertz CT molecular complexity index is 488. The lowest BCUT2D eigenvalue weighted by Crippen LogP contribution is -2.28. The molecule has 1 aliphatic rings. The van der Waals surface area contributed by atoms with Crippen LogP contribution in [0, 0.1) is 0 Å². The van der Waals surface area contributed by atoms with Crippen molar-refractivity contribution in [2.45, 2.75) is 58.0 Å². The van der Waals surface area contributed by atoms with Crippen LogP contribution < -0.4 is 0 Å². The Morgan fingerprint density at radius 1 is 1.24 bits per heavy atom. The van der Waals surface area contributed by atoms with Gasteiger partial charge in [-0.15, -0.1) is 0 Å². The molecule has 1 aromatic rings. The van der Waals surface area contributed by atoms with E-state index in [0.29, 0.717) is 5.76 Å². The third-order valence-corrected chi connectivity index (χ3v) is 4.24. The molecule has 0 fully saturated rings. The van der Waals surface area contributed by atoms with Gasteiger partial charge < -0.3 is 24.4 Å². The summed E-state index contributed by atoms with van der Waals surface area (Å²) < 4.78 is 5.34. The van der Waals surface area contributed by atoms with Crippen LogP contribution in [0.15, 0.2) is 34.7 Å². The maximum atomic E-state index is 10.5. The zero-order chi connectivity index (χ0) is 18.5. The highest BCUT2D eigenvalue weighted by molar-refractivity contribution is 5.32. The van der Waals surface area contributed by atoms with Crippen LogP contribution in [-0.4, -0.2) is 46.7 Å². The number of hydrogen-bond acceptors (Lipinski definition) is 5. The van der Waals surface area contributed by atoms with Gasteiger partial charge >= 0.3 is 0 Å². The van der Waals surface area contributed by atoms with Gasteiger partial charge in [0.25, 0.3) is 6.47 Å². The molecular formula is C19H32N2O4. The Morgan fingerprint density at radius 3 is 2.48 bits per heavy atom. The zero-order valence-corrected chi connectivity index (χ0v) is 15.4. The number of rotatable bonds is 10. The third-order valence-electron chi connectivity index (χ3n) is 4.24. The van der Waals surface area contributed by atoms with E-state index in [-0.39, 0.29) is 6.47 Å². The zero-order valence-electron chi connectivity index (χ0n) is 15.4. The molecule has 25 heavy (non-hydrogen) atoms. The van der Waals surface area contributed by atoms with Crippen LogP contribution in [-0.2, 0) is 4.79 Å². The molecule has 0 saturated heterocycles. The largest absolute Gasteiger partial charge is 0.483 e. The van der Waals surface area contributed by atoms with Crippen molar-refractivity contribution in [3.63, 3.8) is 0 Å². The lowest BCUT2D eigenvalue weighted by molar-refractivity contribution is -0.122. The number of aliphatic hydroxyl groups excluding tert-OH is 1. The molecule has 1 atom stereocenters. The highest BCUT2D eigenvalue weighted by Crippen LogP contribution is 2.29. The number of carboxylic acid groups (broad SMARTS) is 1. The number of nitrogens with zero attached hydrogens (tertiary/aromatic N) is 2. The molecule has 2 N–H and O–H groups in total. The third kappa shape index (κ3) is 7.65. The van der Waals surface area contributed by atoms with Crippen LogP contribution in [0.1, 0.15) is 63.7 Å². The summed E-state index contributed by atoms with van der Waals surface area (Å²) in [4.78, 5) is 12.7. The van der Waals surface area contributed by atoms with Gasteiger partial charge in [-0.05, 0) is 18.6 Å². The van der Waals surface area contributed by atoms with Gasteiger partial charge in [0.1, 0.15) is 5.76 Å². The van der Waals surface area contributed by atoms with Crippen molar-refractivity contribution in [1.82, 2.24) is 9.80 Å². The first kappa shape index (κ1) is 21.1. The van der Waals surface area contributed by atoms with Crippen LogP contribution in [0.3, 0.4) is 0 Å². The van der Waals surface area contributed by atoms with E-state index in [1.165, 1.54) is 44.9 Å². The van der Waals surface area contributed by atoms with E-state index < -0.39 is 6.10 Å². The van der Waals surface area contributed by atoms with Gasteiger partial charge in [0.15, 0.2) is 6.10 Å². The molecule has 0 aromatic carbocycles. The van der Waals surface area contributed by atoms with Crippen LogP contribution in [0.2, 0.25) is 0 Å². The minimum Gasteiger partial charge on any atom is -0.483 e. The molecule has 1 unspecified atom stereocenters. The normalized spacial score (nSPS) is 14.8. The molecule has 6 nitrogen and oxygen atoms in total. The van der Waals surface area contributed by atoms with Crippen LogP contribution in [0.25, 0.3) is 0 Å². The van der Waals surface area contributed by atoms with Crippen molar-refractivity contribution in [1.29, 1.82) is 0 Å². The van der Waals surface area contributed by atoms with Gasteiger partial charge in [-0.2, -0.15) is 0 Å². The average Bonchev–Trinajstić information content (AvgIpc) is 3.24. The summed E-state index contributed by atoms with van der Waals surface area (Å²) in [5.41, 5.74) is 0.948. The van der Waals surface area contributed by atoms with Gasteiger partial charge in [-0.3, -0.25) is 4.79 Å². The summed E-state index contributed by atoms with van der Waals surface area (Å²) in [6, 6.07) is 3.65. The van der Waals surface area contributed by atoms with Crippen molar-refractivity contribution < 1.29 is 19.4 Å². The molecule has 0 saturated carbocycles. The molecule has 1 aliphatic heterocycles. The first-order valence-corrected chi connectivity index (χ1v) is 9.10. The van der Waals surface area contributed by atoms with Crippen molar-refractivity contribution in [2.24, 2.45) is 0 Å². The molecule has 1 aromatic heterocycles. The number of unbranched alkanes of at least 4 members (excludes halogenated alkanes) is 6. The summed E-state index contributed by atoms with van der Waals surface area (Å²) in [7, 11) is 2.04. The lowest BCUT2D eigenvalue weighted by atomic mass is 10.1. The molecule has 0 radical (unpaired) electrons. The Hall–Kier alpha value is -1.95. The van der Waals surface area contributed by atoms with Crippen molar-refractivity contribution in [2.75, 3.05) is 20.3 Å². The molecule has 0 spiro atoms. The molecule has 0 aliphatic carbocycles. The molecule has 2 heterocycles. The molecule has 2 rings (SSSR count). The second-order valence-corrected chi connectivity index (χ2v) is 6.36. The maximum Gasteiger partial charge on any atom is 0.290 e. The van der Waals surface area contributed by atoms with E-state index in [2.05, 4.69) is 16.7 Å². The van der Waals surface area contributed by atoms with E-state index in [0.717, 1.165) is 18.9 Å². The molecular weight excluding hydrogens is 320 g/mol. The molecule has 142 valence electrons. The van der Waals surface area contributed by atoms with Gasteiger partial charge in [0.2, 0.25) is 0 Å². The Labute approximate surface area is 150 Å². The smallest absolute Gasteiger partial charge is 0.290 e. The Kier molecular flexibility index (Phi) is 10.5. The second kappa shape index (κ2) is 12.4. The number of carbonyl (C=O) groups is 1. The van der Waals surface area contributed by atoms with Gasteiger partial charge in [0, 0.05) is 19.8 Å². The van der Waals surface area contributed by atoms with E-state index >= 15 is 0 Å². The minimum atomic E-state index is -0.662. The van der Waals surface area contributed by atoms with E-state index in [4.69, 9.17) is 14.3 Å². The van der Waals surface area contributed by atoms with Crippen LogP contribution in [0.4, 0.5) is 0 Å². The first-order chi connectivity index (χ1) is 12.1. The van der Waals surface area contributed by atoms with E-state index in [1.807, 2.05) is 25.4 Å². The van der Waals surface area contributed by atoms with Crippen LogP contribution >= 0.6 is 0 Å². The monoisotopic (exact) mass is 352 g/mol. The number of aliphatic hydroxyl groups is 1. The topological polar surface area (TPSA) is 77.2 Å². The fraction of sp³-hybridized carbons (Fsp3) is 0.632. The first-order valence-electron chi connectivity index (χ1n) is 9.10. The Balaban J connectivity index is 0.000000970. The summed E-state index contributed by atoms with van der Waals surface area (Å²) >= 11 is 0. The van der Waals surface area contributed by atoms with Crippen molar-refractivity contribution >= 4 is 6.47 Å². The van der Waals surface area contributed by atoms with E-state index in [1.54, 1.807) is 6.26 Å². The summed E-state index contributed by atoms with van der Waals surface area (Å²) in [5, 5.41) is 17.4. The highest BCUT2D eigenvalue weighted by Gasteiger charge is 2.26. The predicted molar refractivity (Wildman–Crippen MR) is 97.8 cm³/mol. The molecule has 0 amide bonds. The number of furan rings is 1. The molecule has 0 bridgehead atoms. The van der Waals surface area contributed by atoms with Gasteiger partial charge in [0.05, 0.1) is 18.6 Å². The Morgan fingerprint density at radius 2 is 1.88 bits per heavy atom. The van der Waals surface area contributed by atoms with Gasteiger partial charge in [-0.25, -0.2) is 0 Å². The second-order valence-electron chi connectivity index (χ2n) is 6.36. The quantitative estimate of drug-likeness (QED) is 0.492. The van der Waals surface area contributed by atoms with Crippen molar-refractivity contribution in [3.8, 4) is 0 Å². The highest BCUT2D eigenvalue weighted by atomic mass is 16.4. The minimum absolute atomic E-state index is 0.250. The maximum absolute atomic E-state index is 10.5. The number of hydrogen-bond donors (Lipinski definition) is 2. The van der Waals surface area contributed by atoms with Crippen LogP contribution in [0.5, 0.6) is 0 Å². The lowest BCUT2D eigenvalue weighted by Gasteiger charge is -2.24. The fourth-order valence-electron chi connectivity index (χ4n) is 2.99.